The molecule has 0 heterocycles. The van der Waals surface area contributed by atoms with E-state index in [-0.39, 0.29) is 17.1 Å². The van der Waals surface area contributed by atoms with Crippen molar-refractivity contribution in [2.75, 3.05) is 6.61 Å². The molecule has 0 aliphatic carbocycles. The fourth-order valence-electron chi connectivity index (χ4n) is 0.429. The molecule has 0 fully saturated rings. The van der Waals surface area contributed by atoms with E-state index < -0.39 is 6.10 Å². The van der Waals surface area contributed by atoms with Crippen molar-refractivity contribution >= 4 is 25.3 Å². The van der Waals surface area contributed by atoms with Gasteiger partial charge in [0.1, 0.15) is 0 Å². The Hall–Kier alpha value is 0.620. The normalized spacial score (nSPS) is 21.0. The zero-order valence-electron chi connectivity index (χ0n) is 5.23. The first-order valence-corrected chi connectivity index (χ1v) is 3.78. The number of hydrogen-bond acceptors (Lipinski definition) is 4. The second-order valence-corrected chi connectivity index (χ2v) is 3.24. The number of hydrogen-bond donors (Lipinski definition) is 4. The fraction of sp³-hybridized carbons (Fsp3) is 1.00. The summed E-state index contributed by atoms with van der Waals surface area (Å²) in [5.74, 6) is 0. The van der Waals surface area contributed by atoms with Gasteiger partial charge < -0.3 is 10.2 Å². The van der Waals surface area contributed by atoms with Gasteiger partial charge in [0.2, 0.25) is 0 Å². The summed E-state index contributed by atoms with van der Waals surface area (Å²) < 4.78 is 0. The Bertz CT molecular complexity index is 77.4. The molecular weight excluding hydrogens is 156 g/mol. The predicted octanol–water partition coefficient (Wildman–Crippen LogP) is -0.0437. The highest BCUT2D eigenvalue weighted by molar-refractivity contribution is 7.85. The van der Waals surface area contributed by atoms with Crippen molar-refractivity contribution in [1.82, 2.24) is 0 Å². The Morgan fingerprint density at radius 3 is 2.00 bits per heavy atom. The van der Waals surface area contributed by atoms with E-state index in [0.29, 0.717) is 0 Å². The van der Waals surface area contributed by atoms with Crippen molar-refractivity contribution in [3.8, 4) is 0 Å². The molecule has 2 nitrogen and oxygen atoms in total. The van der Waals surface area contributed by atoms with E-state index in [1.807, 2.05) is 0 Å². The molecule has 56 valence electrons. The molecule has 0 saturated heterocycles. The summed E-state index contributed by atoms with van der Waals surface area (Å²) in [4.78, 5) is 0. The van der Waals surface area contributed by atoms with Crippen molar-refractivity contribution in [3.63, 3.8) is 0 Å². The molecule has 0 spiro atoms. The van der Waals surface area contributed by atoms with Crippen LogP contribution in [0.5, 0.6) is 0 Å². The summed E-state index contributed by atoms with van der Waals surface area (Å²) in [6, 6.07) is 0. The molecule has 0 saturated carbocycles. The summed E-state index contributed by atoms with van der Waals surface area (Å²) >= 11 is 7.99. The van der Waals surface area contributed by atoms with Crippen LogP contribution in [0.4, 0.5) is 0 Å². The van der Waals surface area contributed by atoms with Gasteiger partial charge >= 0.3 is 0 Å². The lowest BCUT2D eigenvalue weighted by Gasteiger charge is -2.18. The average molecular weight is 168 g/mol. The number of aliphatic hydroxyl groups excluding tert-OH is 2. The predicted molar refractivity (Wildman–Crippen MR) is 44.3 cm³/mol. The first-order chi connectivity index (χ1) is 4.09. The molecule has 0 radical (unpaired) electrons. The van der Waals surface area contributed by atoms with E-state index in [1.165, 1.54) is 0 Å². The molecular formula is C5H12O2S2. The van der Waals surface area contributed by atoms with E-state index in [4.69, 9.17) is 10.2 Å². The lowest BCUT2D eigenvalue weighted by molar-refractivity contribution is 0.177. The quantitative estimate of drug-likeness (QED) is 0.447. The van der Waals surface area contributed by atoms with Gasteiger partial charge in [0.15, 0.2) is 0 Å². The molecule has 9 heavy (non-hydrogen) atoms. The summed E-state index contributed by atoms with van der Waals surface area (Å²) in [6.45, 7) is 1.57. The Kier molecular flexibility index (Phi) is 4.74. The molecule has 0 aromatic heterocycles. The van der Waals surface area contributed by atoms with Gasteiger partial charge in [-0.1, -0.05) is 0 Å². The van der Waals surface area contributed by atoms with Crippen molar-refractivity contribution < 1.29 is 10.2 Å². The highest BCUT2D eigenvalue weighted by Crippen LogP contribution is 2.11. The number of aliphatic hydroxyl groups is 2. The maximum absolute atomic E-state index is 8.89. The third kappa shape index (κ3) is 3.35. The zero-order valence-corrected chi connectivity index (χ0v) is 7.02. The largest absolute Gasteiger partial charge is 0.395 e. The Morgan fingerprint density at radius 2 is 1.89 bits per heavy atom. The molecule has 3 atom stereocenters. The third-order valence-electron chi connectivity index (χ3n) is 1.08. The van der Waals surface area contributed by atoms with E-state index >= 15 is 0 Å². The van der Waals surface area contributed by atoms with Crippen molar-refractivity contribution in [3.05, 3.63) is 0 Å². The van der Waals surface area contributed by atoms with Crippen LogP contribution in [0.2, 0.25) is 0 Å². The smallest absolute Gasteiger partial charge is 0.0639 e. The molecule has 4 heteroatoms. The molecule has 0 aromatic carbocycles. The van der Waals surface area contributed by atoms with Gasteiger partial charge in [-0.15, -0.1) is 0 Å². The standard InChI is InChI=1S/C5H12O2S2/c1-3(7)5(9)4(8)2-6/h3-9H,2H2,1H3. The Morgan fingerprint density at radius 1 is 1.44 bits per heavy atom. The van der Waals surface area contributed by atoms with Gasteiger partial charge in [0, 0.05) is 10.5 Å². The molecule has 3 unspecified atom stereocenters. The molecule has 0 aliphatic rings. The van der Waals surface area contributed by atoms with Gasteiger partial charge in [-0.2, -0.15) is 25.3 Å². The summed E-state index contributed by atoms with van der Waals surface area (Å²) in [5.41, 5.74) is 0. The highest BCUT2D eigenvalue weighted by atomic mass is 32.1. The first kappa shape index (κ1) is 9.62. The molecule has 0 amide bonds. The second-order valence-electron chi connectivity index (χ2n) is 1.98. The van der Waals surface area contributed by atoms with Crippen molar-refractivity contribution in [2.45, 2.75) is 23.5 Å². The van der Waals surface area contributed by atoms with Gasteiger partial charge in [0.05, 0.1) is 12.7 Å². The summed E-state index contributed by atoms with van der Waals surface area (Å²) in [6.07, 6.45) is -0.525. The van der Waals surface area contributed by atoms with Crippen LogP contribution in [0.25, 0.3) is 0 Å². The Labute approximate surface area is 66.1 Å². The van der Waals surface area contributed by atoms with Gasteiger partial charge in [-0.05, 0) is 6.92 Å². The lowest BCUT2D eigenvalue weighted by Crippen LogP contribution is -2.29. The van der Waals surface area contributed by atoms with Crippen LogP contribution < -0.4 is 0 Å². The van der Waals surface area contributed by atoms with Gasteiger partial charge in [-0.25, -0.2) is 0 Å². The summed E-state index contributed by atoms with van der Waals surface area (Å²) in [7, 11) is 0. The Balaban J connectivity index is 3.58. The van der Waals surface area contributed by atoms with Crippen LogP contribution in [-0.2, 0) is 0 Å². The molecule has 0 bridgehead atoms. The zero-order chi connectivity index (χ0) is 7.44. The van der Waals surface area contributed by atoms with Crippen LogP contribution in [0, 0.1) is 0 Å². The van der Waals surface area contributed by atoms with Crippen molar-refractivity contribution in [1.29, 1.82) is 0 Å². The number of rotatable bonds is 3. The highest BCUT2D eigenvalue weighted by Gasteiger charge is 2.17. The monoisotopic (exact) mass is 168 g/mol. The maximum Gasteiger partial charge on any atom is 0.0639 e. The first-order valence-electron chi connectivity index (χ1n) is 2.74. The minimum atomic E-state index is -0.525. The van der Waals surface area contributed by atoms with Crippen LogP contribution in [-0.4, -0.2) is 33.4 Å². The molecule has 0 aliphatic heterocycles. The third-order valence-corrected chi connectivity index (χ3v) is 2.59. The molecule has 0 rings (SSSR count). The summed E-state index contributed by atoms with van der Waals surface area (Å²) in [5, 5.41) is 16.9. The minimum Gasteiger partial charge on any atom is -0.395 e. The van der Waals surface area contributed by atoms with Crippen molar-refractivity contribution in [2.24, 2.45) is 0 Å². The average Bonchev–Trinajstić information content (AvgIpc) is 1.84. The maximum atomic E-state index is 8.89. The van der Waals surface area contributed by atoms with Crippen LogP contribution in [0.3, 0.4) is 0 Å². The van der Waals surface area contributed by atoms with Gasteiger partial charge in [0.25, 0.3) is 0 Å². The van der Waals surface area contributed by atoms with Crippen LogP contribution in [0.15, 0.2) is 0 Å². The van der Waals surface area contributed by atoms with Crippen LogP contribution >= 0.6 is 25.3 Å². The SMILES string of the molecule is CC(O)C(S)C(S)CO. The topological polar surface area (TPSA) is 40.5 Å². The fourth-order valence-corrected chi connectivity index (χ4v) is 0.773. The lowest BCUT2D eigenvalue weighted by atomic mass is 10.2. The van der Waals surface area contributed by atoms with E-state index in [0.717, 1.165) is 0 Å². The number of thiol groups is 2. The van der Waals surface area contributed by atoms with Crippen LogP contribution in [0.1, 0.15) is 6.92 Å². The second kappa shape index (κ2) is 4.44. The molecule has 2 N–H and O–H groups in total. The van der Waals surface area contributed by atoms with E-state index in [1.54, 1.807) is 6.92 Å². The molecule has 0 aromatic rings. The van der Waals surface area contributed by atoms with E-state index in [9.17, 15) is 0 Å². The minimum absolute atomic E-state index is 0.0534. The van der Waals surface area contributed by atoms with Gasteiger partial charge in [-0.3, -0.25) is 0 Å². The van der Waals surface area contributed by atoms with E-state index in [2.05, 4.69) is 25.3 Å².